The van der Waals surface area contributed by atoms with Gasteiger partial charge in [-0.05, 0) is 36.2 Å². The van der Waals surface area contributed by atoms with Crippen LogP contribution in [0.2, 0.25) is 0 Å². The van der Waals surface area contributed by atoms with Crippen LogP contribution in [0.15, 0.2) is 53.1 Å². The number of carbonyl (C=O) groups excluding carboxylic acids is 1. The molecule has 0 saturated heterocycles. The van der Waals surface area contributed by atoms with Crippen LogP contribution >= 0.6 is 0 Å². The lowest BCUT2D eigenvalue weighted by Gasteiger charge is -2.07. The van der Waals surface area contributed by atoms with E-state index in [1.165, 1.54) is 12.1 Å². The molecule has 3 aromatic rings. The summed E-state index contributed by atoms with van der Waals surface area (Å²) in [6, 6.07) is 13.1. The SMILES string of the molecule is CCCNC(=O)Nc1cccc(-c2noc(Cc3ccc(F)cc3)n2)c1. The molecule has 1 aromatic heterocycles. The van der Waals surface area contributed by atoms with Crippen LogP contribution in [0.5, 0.6) is 0 Å². The average Bonchev–Trinajstić information content (AvgIpc) is 3.11. The third kappa shape index (κ3) is 4.66. The molecule has 1 heterocycles. The van der Waals surface area contributed by atoms with E-state index < -0.39 is 0 Å². The first-order valence-corrected chi connectivity index (χ1v) is 8.36. The van der Waals surface area contributed by atoms with E-state index in [0.717, 1.165) is 17.5 Å². The van der Waals surface area contributed by atoms with Crippen LogP contribution in [0.3, 0.4) is 0 Å². The average molecular weight is 354 g/mol. The van der Waals surface area contributed by atoms with Crippen molar-refractivity contribution in [2.24, 2.45) is 0 Å². The summed E-state index contributed by atoms with van der Waals surface area (Å²) >= 11 is 0. The quantitative estimate of drug-likeness (QED) is 0.701. The van der Waals surface area contributed by atoms with Gasteiger partial charge in [-0.2, -0.15) is 4.98 Å². The minimum atomic E-state index is -0.285. The zero-order chi connectivity index (χ0) is 18.4. The molecule has 0 spiro atoms. The van der Waals surface area contributed by atoms with Gasteiger partial charge in [0.1, 0.15) is 5.82 Å². The smallest absolute Gasteiger partial charge is 0.319 e. The number of carbonyl (C=O) groups is 1. The van der Waals surface area contributed by atoms with Crippen LogP contribution in [0, 0.1) is 5.82 Å². The zero-order valence-corrected chi connectivity index (χ0v) is 14.3. The Morgan fingerprint density at radius 1 is 1.19 bits per heavy atom. The second-order valence-corrected chi connectivity index (χ2v) is 5.78. The van der Waals surface area contributed by atoms with Gasteiger partial charge in [0.05, 0.1) is 6.42 Å². The van der Waals surface area contributed by atoms with Crippen molar-refractivity contribution in [1.82, 2.24) is 15.5 Å². The summed E-state index contributed by atoms with van der Waals surface area (Å²) in [4.78, 5) is 16.1. The third-order valence-corrected chi connectivity index (χ3v) is 3.65. The molecule has 2 amide bonds. The number of anilines is 1. The Labute approximate surface area is 150 Å². The maximum Gasteiger partial charge on any atom is 0.319 e. The number of urea groups is 1. The van der Waals surface area contributed by atoms with E-state index in [2.05, 4.69) is 20.8 Å². The first kappa shape index (κ1) is 17.6. The number of nitrogens with one attached hydrogen (secondary N) is 2. The fraction of sp³-hybridized carbons (Fsp3) is 0.211. The van der Waals surface area contributed by atoms with Gasteiger partial charge in [-0.3, -0.25) is 0 Å². The Morgan fingerprint density at radius 2 is 2.00 bits per heavy atom. The van der Waals surface area contributed by atoms with Gasteiger partial charge in [0.15, 0.2) is 0 Å². The summed E-state index contributed by atoms with van der Waals surface area (Å²) < 4.78 is 18.2. The van der Waals surface area contributed by atoms with Gasteiger partial charge in [0.2, 0.25) is 11.7 Å². The first-order valence-electron chi connectivity index (χ1n) is 8.36. The standard InChI is InChI=1S/C19H19FN4O2/c1-2-10-21-19(25)22-16-5-3-4-14(12-16)18-23-17(26-24-18)11-13-6-8-15(20)9-7-13/h3-9,12H,2,10-11H2,1H3,(H2,21,22,25). The van der Waals surface area contributed by atoms with Gasteiger partial charge in [0, 0.05) is 17.8 Å². The topological polar surface area (TPSA) is 80.0 Å². The normalized spacial score (nSPS) is 10.5. The number of amides is 2. The molecular weight excluding hydrogens is 335 g/mol. The predicted molar refractivity (Wildman–Crippen MR) is 96.3 cm³/mol. The Hall–Kier alpha value is -3.22. The second kappa shape index (κ2) is 8.24. The third-order valence-electron chi connectivity index (χ3n) is 3.65. The number of hydrogen-bond acceptors (Lipinski definition) is 4. The second-order valence-electron chi connectivity index (χ2n) is 5.78. The van der Waals surface area contributed by atoms with Crippen molar-refractivity contribution in [2.45, 2.75) is 19.8 Å². The molecule has 0 bridgehead atoms. The van der Waals surface area contributed by atoms with Crippen molar-refractivity contribution >= 4 is 11.7 Å². The summed E-state index contributed by atoms with van der Waals surface area (Å²) in [6.45, 7) is 2.60. The summed E-state index contributed by atoms with van der Waals surface area (Å²) in [5, 5.41) is 9.50. The number of halogens is 1. The fourth-order valence-corrected chi connectivity index (χ4v) is 2.37. The van der Waals surface area contributed by atoms with E-state index >= 15 is 0 Å². The molecule has 0 aliphatic carbocycles. The van der Waals surface area contributed by atoms with E-state index in [9.17, 15) is 9.18 Å². The van der Waals surface area contributed by atoms with Crippen molar-refractivity contribution in [2.75, 3.05) is 11.9 Å². The molecule has 0 atom stereocenters. The van der Waals surface area contributed by atoms with Gasteiger partial charge >= 0.3 is 6.03 Å². The molecule has 2 aromatic carbocycles. The molecule has 0 aliphatic rings. The molecule has 134 valence electrons. The molecule has 6 nitrogen and oxygen atoms in total. The number of rotatable bonds is 6. The van der Waals surface area contributed by atoms with E-state index in [-0.39, 0.29) is 11.8 Å². The highest BCUT2D eigenvalue weighted by atomic mass is 19.1. The van der Waals surface area contributed by atoms with Crippen molar-refractivity contribution in [3.8, 4) is 11.4 Å². The highest BCUT2D eigenvalue weighted by Gasteiger charge is 2.10. The van der Waals surface area contributed by atoms with Crippen molar-refractivity contribution in [3.05, 3.63) is 65.8 Å². The first-order chi connectivity index (χ1) is 12.6. The Balaban J connectivity index is 1.69. The molecular formula is C19H19FN4O2. The van der Waals surface area contributed by atoms with Crippen LogP contribution in [-0.4, -0.2) is 22.7 Å². The molecule has 0 saturated carbocycles. The summed E-state index contributed by atoms with van der Waals surface area (Å²) in [7, 11) is 0. The minimum Gasteiger partial charge on any atom is -0.339 e. The Bertz CT molecular complexity index is 877. The predicted octanol–water partition coefficient (Wildman–Crippen LogP) is 4.00. The van der Waals surface area contributed by atoms with Crippen molar-refractivity contribution in [1.29, 1.82) is 0 Å². The zero-order valence-electron chi connectivity index (χ0n) is 14.3. The van der Waals surface area contributed by atoms with Crippen molar-refractivity contribution < 1.29 is 13.7 Å². The number of aromatic nitrogens is 2. The largest absolute Gasteiger partial charge is 0.339 e. The van der Waals surface area contributed by atoms with Crippen molar-refractivity contribution in [3.63, 3.8) is 0 Å². The van der Waals surface area contributed by atoms with Gasteiger partial charge in [-0.1, -0.05) is 36.3 Å². The lowest BCUT2D eigenvalue weighted by Crippen LogP contribution is -2.29. The lowest BCUT2D eigenvalue weighted by molar-refractivity contribution is 0.252. The summed E-state index contributed by atoms with van der Waals surface area (Å²) in [5.74, 6) is 0.581. The molecule has 0 fully saturated rings. The number of hydrogen-bond donors (Lipinski definition) is 2. The van der Waals surface area contributed by atoms with Crippen LogP contribution in [-0.2, 0) is 6.42 Å². The molecule has 2 N–H and O–H groups in total. The van der Waals surface area contributed by atoms with Gasteiger partial charge in [-0.15, -0.1) is 0 Å². The van der Waals surface area contributed by atoms with Crippen LogP contribution < -0.4 is 10.6 Å². The molecule has 0 radical (unpaired) electrons. The van der Waals surface area contributed by atoms with Gasteiger partial charge < -0.3 is 15.2 Å². The van der Waals surface area contributed by atoms with Crippen LogP contribution in [0.4, 0.5) is 14.9 Å². The summed E-state index contributed by atoms with van der Waals surface area (Å²) in [6.07, 6.45) is 1.29. The molecule has 3 rings (SSSR count). The van der Waals surface area contributed by atoms with Gasteiger partial charge in [-0.25, -0.2) is 9.18 Å². The van der Waals surface area contributed by atoms with E-state index in [4.69, 9.17) is 4.52 Å². The highest BCUT2D eigenvalue weighted by Crippen LogP contribution is 2.21. The molecule has 26 heavy (non-hydrogen) atoms. The minimum absolute atomic E-state index is 0.255. The number of benzene rings is 2. The summed E-state index contributed by atoms with van der Waals surface area (Å²) in [5.41, 5.74) is 2.25. The molecule has 0 aliphatic heterocycles. The maximum atomic E-state index is 13.0. The monoisotopic (exact) mass is 354 g/mol. The maximum absolute atomic E-state index is 13.0. The van der Waals surface area contributed by atoms with Crippen LogP contribution in [0.25, 0.3) is 11.4 Å². The highest BCUT2D eigenvalue weighted by molar-refractivity contribution is 5.89. The number of nitrogens with zero attached hydrogens (tertiary/aromatic N) is 2. The lowest BCUT2D eigenvalue weighted by atomic mass is 10.1. The van der Waals surface area contributed by atoms with Gasteiger partial charge in [0.25, 0.3) is 0 Å². The Morgan fingerprint density at radius 3 is 2.77 bits per heavy atom. The van der Waals surface area contributed by atoms with E-state index in [0.29, 0.717) is 30.4 Å². The fourth-order valence-electron chi connectivity index (χ4n) is 2.37. The van der Waals surface area contributed by atoms with E-state index in [1.54, 1.807) is 30.3 Å². The van der Waals surface area contributed by atoms with E-state index in [1.807, 2.05) is 13.0 Å². The molecule has 0 unspecified atom stereocenters. The Kier molecular flexibility index (Phi) is 5.58. The van der Waals surface area contributed by atoms with Crippen LogP contribution in [0.1, 0.15) is 24.8 Å². The molecule has 7 heteroatoms.